The van der Waals surface area contributed by atoms with Crippen LogP contribution in [0.4, 0.5) is 0 Å². The standard InChI is InChI=1S/C14H22BN3O2/c1-13(2)14(3,4)20-15(19-13)11-8-17-12(18-9-11)10-5-6-16-7-10/h8-10,16H,5-7H2,1-4H3. The summed E-state index contributed by atoms with van der Waals surface area (Å²) in [5.74, 6) is 1.35. The Bertz CT molecular complexity index is 468. The first-order chi connectivity index (χ1) is 9.39. The second-order valence-electron chi connectivity index (χ2n) is 6.65. The van der Waals surface area contributed by atoms with E-state index in [0.29, 0.717) is 5.92 Å². The van der Waals surface area contributed by atoms with E-state index in [4.69, 9.17) is 9.31 Å². The van der Waals surface area contributed by atoms with Crippen molar-refractivity contribution >= 4 is 12.6 Å². The van der Waals surface area contributed by atoms with E-state index >= 15 is 0 Å². The highest BCUT2D eigenvalue weighted by molar-refractivity contribution is 6.61. The lowest BCUT2D eigenvalue weighted by Gasteiger charge is -2.32. The lowest BCUT2D eigenvalue weighted by molar-refractivity contribution is 0.00578. The SMILES string of the molecule is CC1(C)OB(c2cnc(C3CCNC3)nc2)OC1(C)C. The van der Waals surface area contributed by atoms with Crippen LogP contribution < -0.4 is 10.8 Å². The van der Waals surface area contributed by atoms with Crippen LogP contribution in [0, 0.1) is 0 Å². The minimum Gasteiger partial charge on any atom is -0.399 e. The van der Waals surface area contributed by atoms with E-state index in [9.17, 15) is 0 Å². The maximum Gasteiger partial charge on any atom is 0.498 e. The third-order valence-corrected chi connectivity index (χ3v) is 4.64. The molecule has 0 spiro atoms. The van der Waals surface area contributed by atoms with Crippen molar-refractivity contribution in [2.24, 2.45) is 0 Å². The molecule has 20 heavy (non-hydrogen) atoms. The summed E-state index contributed by atoms with van der Waals surface area (Å²) in [5.41, 5.74) is 0.232. The molecule has 6 heteroatoms. The van der Waals surface area contributed by atoms with Gasteiger partial charge in [-0.2, -0.15) is 0 Å². The number of hydrogen-bond acceptors (Lipinski definition) is 5. The van der Waals surface area contributed by atoms with E-state index in [-0.39, 0.29) is 18.3 Å². The van der Waals surface area contributed by atoms with Crippen molar-refractivity contribution in [2.75, 3.05) is 13.1 Å². The maximum atomic E-state index is 6.00. The van der Waals surface area contributed by atoms with Crippen LogP contribution in [0.5, 0.6) is 0 Å². The molecule has 0 aliphatic carbocycles. The molecule has 0 bridgehead atoms. The Kier molecular flexibility index (Phi) is 3.35. The highest BCUT2D eigenvalue weighted by Gasteiger charge is 2.51. The number of nitrogens with zero attached hydrogens (tertiary/aromatic N) is 2. The molecule has 0 radical (unpaired) electrons. The van der Waals surface area contributed by atoms with Gasteiger partial charge in [0.2, 0.25) is 0 Å². The fourth-order valence-corrected chi connectivity index (χ4v) is 2.53. The Morgan fingerprint density at radius 1 is 1.15 bits per heavy atom. The van der Waals surface area contributed by atoms with Gasteiger partial charge in [0.25, 0.3) is 0 Å². The molecule has 2 fully saturated rings. The summed E-state index contributed by atoms with van der Waals surface area (Å²) < 4.78 is 12.0. The van der Waals surface area contributed by atoms with Crippen LogP contribution in [-0.2, 0) is 9.31 Å². The molecule has 1 atom stereocenters. The molecule has 5 nitrogen and oxygen atoms in total. The summed E-state index contributed by atoms with van der Waals surface area (Å²) in [6.45, 7) is 10.2. The van der Waals surface area contributed by atoms with Crippen LogP contribution >= 0.6 is 0 Å². The maximum absolute atomic E-state index is 6.00. The molecule has 2 saturated heterocycles. The van der Waals surface area contributed by atoms with Crippen molar-refractivity contribution in [3.05, 3.63) is 18.2 Å². The predicted octanol–water partition coefficient (Wildman–Crippen LogP) is 0.853. The lowest BCUT2D eigenvalue weighted by Crippen LogP contribution is -2.41. The van der Waals surface area contributed by atoms with Gasteiger partial charge in [-0.3, -0.25) is 0 Å². The second kappa shape index (κ2) is 4.79. The smallest absolute Gasteiger partial charge is 0.399 e. The minimum atomic E-state index is -0.379. The van der Waals surface area contributed by atoms with Gasteiger partial charge in [0, 0.05) is 30.3 Å². The average molecular weight is 275 g/mol. The van der Waals surface area contributed by atoms with Gasteiger partial charge in [0.05, 0.1) is 11.2 Å². The van der Waals surface area contributed by atoms with Gasteiger partial charge in [-0.05, 0) is 40.7 Å². The zero-order valence-corrected chi connectivity index (χ0v) is 12.6. The van der Waals surface area contributed by atoms with E-state index in [0.717, 1.165) is 30.8 Å². The average Bonchev–Trinajstić information content (AvgIpc) is 2.97. The molecule has 3 rings (SSSR count). The summed E-state index contributed by atoms with van der Waals surface area (Å²) in [4.78, 5) is 8.98. The van der Waals surface area contributed by atoms with Gasteiger partial charge < -0.3 is 14.6 Å². The lowest BCUT2D eigenvalue weighted by atomic mass is 9.81. The predicted molar refractivity (Wildman–Crippen MR) is 78.0 cm³/mol. The fraction of sp³-hybridized carbons (Fsp3) is 0.714. The zero-order valence-electron chi connectivity index (χ0n) is 12.6. The van der Waals surface area contributed by atoms with Crippen LogP contribution in [0.3, 0.4) is 0 Å². The summed E-state index contributed by atoms with van der Waals surface area (Å²) in [6.07, 6.45) is 4.78. The molecule has 3 heterocycles. The molecule has 1 unspecified atom stereocenters. The Morgan fingerprint density at radius 2 is 1.75 bits per heavy atom. The third kappa shape index (κ3) is 2.36. The summed E-state index contributed by atoms with van der Waals surface area (Å²) in [6, 6.07) is 0. The highest BCUT2D eigenvalue weighted by atomic mass is 16.7. The third-order valence-electron chi connectivity index (χ3n) is 4.64. The molecule has 0 amide bonds. The Hall–Kier alpha value is -0.975. The topological polar surface area (TPSA) is 56.3 Å². The molecule has 1 aromatic rings. The van der Waals surface area contributed by atoms with Crippen LogP contribution in [0.2, 0.25) is 0 Å². The minimum absolute atomic E-state index is 0.328. The molecule has 108 valence electrons. The van der Waals surface area contributed by atoms with Gasteiger partial charge in [-0.1, -0.05) is 0 Å². The van der Waals surface area contributed by atoms with Crippen LogP contribution in [0.1, 0.15) is 45.9 Å². The number of rotatable bonds is 2. The van der Waals surface area contributed by atoms with Gasteiger partial charge in [-0.15, -0.1) is 0 Å². The Morgan fingerprint density at radius 3 is 2.25 bits per heavy atom. The molecule has 2 aliphatic heterocycles. The van der Waals surface area contributed by atoms with Gasteiger partial charge in [0.15, 0.2) is 0 Å². The van der Waals surface area contributed by atoms with Gasteiger partial charge >= 0.3 is 7.12 Å². The number of aromatic nitrogens is 2. The van der Waals surface area contributed by atoms with E-state index in [1.807, 2.05) is 40.1 Å². The van der Waals surface area contributed by atoms with Crippen LogP contribution in [-0.4, -0.2) is 41.4 Å². The Labute approximate surface area is 120 Å². The zero-order chi connectivity index (χ0) is 14.4. The first-order valence-electron chi connectivity index (χ1n) is 7.27. The monoisotopic (exact) mass is 275 g/mol. The molecule has 1 N–H and O–H groups in total. The molecular weight excluding hydrogens is 253 g/mol. The van der Waals surface area contributed by atoms with Crippen LogP contribution in [0.25, 0.3) is 0 Å². The summed E-state index contributed by atoms with van der Waals surface area (Å²) in [7, 11) is -0.379. The number of hydrogen-bond donors (Lipinski definition) is 1. The molecule has 0 aromatic carbocycles. The van der Waals surface area contributed by atoms with Crippen molar-refractivity contribution in [1.29, 1.82) is 0 Å². The molecule has 2 aliphatic rings. The molecular formula is C14H22BN3O2. The van der Waals surface area contributed by atoms with Gasteiger partial charge in [-0.25, -0.2) is 9.97 Å². The van der Waals surface area contributed by atoms with Crippen molar-refractivity contribution in [3.63, 3.8) is 0 Å². The van der Waals surface area contributed by atoms with Gasteiger partial charge in [0.1, 0.15) is 5.82 Å². The van der Waals surface area contributed by atoms with E-state index in [1.165, 1.54) is 0 Å². The van der Waals surface area contributed by atoms with Crippen molar-refractivity contribution in [3.8, 4) is 0 Å². The first-order valence-corrected chi connectivity index (χ1v) is 7.27. The molecule has 1 aromatic heterocycles. The summed E-state index contributed by atoms with van der Waals surface area (Å²) >= 11 is 0. The normalized spacial score (nSPS) is 28.0. The summed E-state index contributed by atoms with van der Waals surface area (Å²) in [5, 5.41) is 3.33. The van der Waals surface area contributed by atoms with Crippen molar-refractivity contribution < 1.29 is 9.31 Å². The largest absolute Gasteiger partial charge is 0.498 e. The van der Waals surface area contributed by atoms with Crippen molar-refractivity contribution in [2.45, 2.75) is 51.2 Å². The van der Waals surface area contributed by atoms with E-state index < -0.39 is 0 Å². The highest BCUT2D eigenvalue weighted by Crippen LogP contribution is 2.36. The number of nitrogens with one attached hydrogen (secondary N) is 1. The molecule has 0 saturated carbocycles. The quantitative estimate of drug-likeness (QED) is 0.811. The van der Waals surface area contributed by atoms with Crippen molar-refractivity contribution in [1.82, 2.24) is 15.3 Å². The Balaban J connectivity index is 1.75. The van der Waals surface area contributed by atoms with E-state index in [2.05, 4.69) is 15.3 Å². The van der Waals surface area contributed by atoms with E-state index in [1.54, 1.807) is 0 Å². The first kappa shape index (κ1) is 14.0. The second-order valence-corrected chi connectivity index (χ2v) is 6.65. The van der Waals surface area contributed by atoms with Crippen LogP contribution in [0.15, 0.2) is 12.4 Å². The fourth-order valence-electron chi connectivity index (χ4n) is 2.53.